The second kappa shape index (κ2) is 9.74. The molecule has 0 radical (unpaired) electrons. The number of amides is 4. The zero-order valence-corrected chi connectivity index (χ0v) is 18.9. The number of urea groups is 1. The Hall–Kier alpha value is -4.20. The van der Waals surface area contributed by atoms with Gasteiger partial charge in [0, 0.05) is 35.6 Å². The first kappa shape index (κ1) is 23.0. The third kappa shape index (κ3) is 5.06. The molecular formula is C26H25FN4O3. The van der Waals surface area contributed by atoms with Gasteiger partial charge in [-0.15, -0.1) is 0 Å². The number of rotatable bonds is 6. The van der Waals surface area contributed by atoms with Gasteiger partial charge in [0.1, 0.15) is 5.82 Å². The van der Waals surface area contributed by atoms with Crippen molar-refractivity contribution in [3.63, 3.8) is 0 Å². The number of nitrogens with one attached hydrogen (secondary N) is 3. The Morgan fingerprint density at radius 3 is 2.26 bits per heavy atom. The summed E-state index contributed by atoms with van der Waals surface area (Å²) in [6.45, 7) is 4.95. The average Bonchev–Trinajstić information content (AvgIpc) is 3.25. The molecule has 7 nitrogen and oxygen atoms in total. The molecule has 1 atom stereocenters. The minimum atomic E-state index is -0.401. The lowest BCUT2D eigenvalue weighted by atomic mass is 10.1. The van der Waals surface area contributed by atoms with Crippen LogP contribution in [0.2, 0.25) is 0 Å². The van der Waals surface area contributed by atoms with Crippen LogP contribution in [0.5, 0.6) is 0 Å². The number of anilines is 2. The van der Waals surface area contributed by atoms with E-state index in [2.05, 4.69) is 16.0 Å². The van der Waals surface area contributed by atoms with Gasteiger partial charge in [-0.25, -0.2) is 9.18 Å². The van der Waals surface area contributed by atoms with Gasteiger partial charge in [0.25, 0.3) is 11.8 Å². The highest BCUT2D eigenvalue weighted by molar-refractivity contribution is 6.04. The zero-order chi connectivity index (χ0) is 24.2. The van der Waals surface area contributed by atoms with E-state index in [1.807, 2.05) is 26.0 Å². The highest BCUT2D eigenvalue weighted by Gasteiger charge is 2.23. The summed E-state index contributed by atoms with van der Waals surface area (Å²) in [7, 11) is 0. The number of halogens is 1. The van der Waals surface area contributed by atoms with Gasteiger partial charge in [-0.05, 0) is 79.6 Å². The van der Waals surface area contributed by atoms with Gasteiger partial charge in [0.2, 0.25) is 0 Å². The summed E-state index contributed by atoms with van der Waals surface area (Å²) in [4.78, 5) is 38.6. The van der Waals surface area contributed by atoms with Gasteiger partial charge in [0.15, 0.2) is 0 Å². The number of hydrogen-bond donors (Lipinski definition) is 3. The minimum absolute atomic E-state index is 0.133. The van der Waals surface area contributed by atoms with Crippen molar-refractivity contribution in [3.8, 4) is 0 Å². The standard InChI is InChI=1S/C26H25FN4O3/c1-16-15-20(7-12-23(16)31-14-13-28-26(31)34)25(33)29-17(2)18-5-10-22(11-6-18)30-24(32)19-3-8-21(27)9-4-19/h3-12,15,17H,13-14H2,1-2H3,(H,28,34)(H,29,33)(H,30,32). The Balaban J connectivity index is 1.37. The van der Waals surface area contributed by atoms with Crippen molar-refractivity contribution in [2.45, 2.75) is 19.9 Å². The van der Waals surface area contributed by atoms with Gasteiger partial charge < -0.3 is 16.0 Å². The lowest BCUT2D eigenvalue weighted by Crippen LogP contribution is -2.29. The van der Waals surface area contributed by atoms with Gasteiger partial charge in [-0.2, -0.15) is 0 Å². The van der Waals surface area contributed by atoms with Crippen LogP contribution >= 0.6 is 0 Å². The van der Waals surface area contributed by atoms with Crippen molar-refractivity contribution >= 4 is 29.2 Å². The number of aryl methyl sites for hydroxylation is 1. The molecule has 34 heavy (non-hydrogen) atoms. The first-order chi connectivity index (χ1) is 16.3. The van der Waals surface area contributed by atoms with Crippen LogP contribution in [0.3, 0.4) is 0 Å². The molecule has 1 heterocycles. The molecule has 3 aromatic rings. The molecule has 1 aliphatic heterocycles. The molecule has 3 aromatic carbocycles. The van der Waals surface area contributed by atoms with Crippen LogP contribution in [0.25, 0.3) is 0 Å². The number of nitrogens with zero attached hydrogens (tertiary/aromatic N) is 1. The van der Waals surface area contributed by atoms with Crippen molar-refractivity contribution in [1.82, 2.24) is 10.6 Å². The second-order valence-electron chi connectivity index (χ2n) is 8.16. The molecule has 0 aromatic heterocycles. The highest BCUT2D eigenvalue weighted by Crippen LogP contribution is 2.24. The van der Waals surface area contributed by atoms with E-state index in [9.17, 15) is 18.8 Å². The van der Waals surface area contributed by atoms with Crippen molar-refractivity contribution in [2.75, 3.05) is 23.3 Å². The number of carbonyl (C=O) groups is 3. The summed E-state index contributed by atoms with van der Waals surface area (Å²) in [6, 6.07) is 17.3. The van der Waals surface area contributed by atoms with E-state index in [0.29, 0.717) is 29.9 Å². The Morgan fingerprint density at radius 2 is 1.65 bits per heavy atom. The summed E-state index contributed by atoms with van der Waals surface area (Å²) >= 11 is 0. The number of benzene rings is 3. The molecule has 4 rings (SSSR count). The van der Waals surface area contributed by atoms with E-state index in [0.717, 1.165) is 16.8 Å². The monoisotopic (exact) mass is 460 g/mol. The fourth-order valence-electron chi connectivity index (χ4n) is 3.82. The highest BCUT2D eigenvalue weighted by atomic mass is 19.1. The van der Waals surface area contributed by atoms with Crippen LogP contribution in [0, 0.1) is 12.7 Å². The first-order valence-corrected chi connectivity index (χ1v) is 11.0. The molecule has 8 heteroatoms. The summed E-state index contributed by atoms with van der Waals surface area (Å²) in [6.07, 6.45) is 0. The molecule has 0 saturated carbocycles. The summed E-state index contributed by atoms with van der Waals surface area (Å²) in [5.74, 6) is -0.955. The van der Waals surface area contributed by atoms with E-state index in [-0.39, 0.29) is 23.9 Å². The van der Waals surface area contributed by atoms with Crippen molar-refractivity contribution < 1.29 is 18.8 Å². The Labute approximate surface area is 197 Å². The van der Waals surface area contributed by atoms with Crippen LogP contribution in [-0.2, 0) is 0 Å². The maximum atomic E-state index is 13.0. The zero-order valence-electron chi connectivity index (χ0n) is 18.9. The summed E-state index contributed by atoms with van der Waals surface area (Å²) < 4.78 is 13.0. The summed E-state index contributed by atoms with van der Waals surface area (Å²) in [5.41, 5.74) is 3.97. The van der Waals surface area contributed by atoms with Crippen LogP contribution in [0.15, 0.2) is 66.7 Å². The molecule has 0 spiro atoms. The Kier molecular flexibility index (Phi) is 6.58. The number of carbonyl (C=O) groups excluding carboxylic acids is 3. The average molecular weight is 461 g/mol. The fourth-order valence-corrected chi connectivity index (χ4v) is 3.82. The second-order valence-corrected chi connectivity index (χ2v) is 8.16. The van der Waals surface area contributed by atoms with E-state index in [1.165, 1.54) is 24.3 Å². The van der Waals surface area contributed by atoms with E-state index in [1.54, 1.807) is 35.2 Å². The van der Waals surface area contributed by atoms with Crippen molar-refractivity contribution in [3.05, 3.63) is 94.8 Å². The van der Waals surface area contributed by atoms with Crippen molar-refractivity contribution in [1.29, 1.82) is 0 Å². The Bertz CT molecular complexity index is 1230. The maximum Gasteiger partial charge on any atom is 0.322 e. The molecule has 1 saturated heterocycles. The van der Waals surface area contributed by atoms with Gasteiger partial charge >= 0.3 is 6.03 Å². The smallest absolute Gasteiger partial charge is 0.322 e. The van der Waals surface area contributed by atoms with E-state index in [4.69, 9.17) is 0 Å². The van der Waals surface area contributed by atoms with E-state index >= 15 is 0 Å². The SMILES string of the molecule is Cc1cc(C(=O)NC(C)c2ccc(NC(=O)c3ccc(F)cc3)cc2)ccc1N1CCNC1=O. The normalized spacial score (nSPS) is 13.9. The third-order valence-corrected chi connectivity index (χ3v) is 5.73. The molecule has 0 aliphatic carbocycles. The van der Waals surface area contributed by atoms with Crippen LogP contribution < -0.4 is 20.9 Å². The Morgan fingerprint density at radius 1 is 0.971 bits per heavy atom. The predicted molar refractivity (Wildman–Crippen MR) is 129 cm³/mol. The molecule has 4 amide bonds. The van der Waals surface area contributed by atoms with Crippen molar-refractivity contribution in [2.24, 2.45) is 0 Å². The largest absolute Gasteiger partial charge is 0.346 e. The molecule has 1 unspecified atom stereocenters. The maximum absolute atomic E-state index is 13.0. The lowest BCUT2D eigenvalue weighted by Gasteiger charge is -2.19. The van der Waals surface area contributed by atoms with E-state index < -0.39 is 5.82 Å². The topological polar surface area (TPSA) is 90.5 Å². The molecule has 3 N–H and O–H groups in total. The third-order valence-electron chi connectivity index (χ3n) is 5.73. The van der Waals surface area contributed by atoms with Crippen LogP contribution in [-0.4, -0.2) is 30.9 Å². The molecule has 1 fully saturated rings. The molecular weight excluding hydrogens is 435 g/mol. The predicted octanol–water partition coefficient (Wildman–Crippen LogP) is 4.41. The fraction of sp³-hybridized carbons (Fsp3) is 0.192. The summed E-state index contributed by atoms with van der Waals surface area (Å²) in [5, 5.41) is 8.51. The van der Waals surface area contributed by atoms with Gasteiger partial charge in [-0.1, -0.05) is 12.1 Å². The van der Waals surface area contributed by atoms with Crippen LogP contribution in [0.4, 0.5) is 20.6 Å². The van der Waals surface area contributed by atoms with Gasteiger partial charge in [-0.3, -0.25) is 14.5 Å². The minimum Gasteiger partial charge on any atom is -0.346 e. The molecule has 174 valence electrons. The number of hydrogen-bond acceptors (Lipinski definition) is 3. The first-order valence-electron chi connectivity index (χ1n) is 11.0. The molecule has 0 bridgehead atoms. The lowest BCUT2D eigenvalue weighted by molar-refractivity contribution is 0.0939. The quantitative estimate of drug-likeness (QED) is 0.509. The van der Waals surface area contributed by atoms with Gasteiger partial charge in [0.05, 0.1) is 6.04 Å². The van der Waals surface area contributed by atoms with Crippen LogP contribution in [0.1, 0.15) is 44.8 Å². The molecule has 1 aliphatic rings.